The average Bonchev–Trinajstić information content (AvgIpc) is 3.49. The Morgan fingerprint density at radius 3 is 2.39 bits per heavy atom. The fourth-order valence-corrected chi connectivity index (χ4v) is 10.2. The van der Waals surface area contributed by atoms with E-state index in [2.05, 4.69) is 6.92 Å². The number of rotatable bonds is 6. The molecule has 4 aliphatic carbocycles. The van der Waals surface area contributed by atoms with E-state index in [1.165, 1.54) is 14.2 Å². The first kappa shape index (κ1) is 29.7. The van der Waals surface area contributed by atoms with Crippen LogP contribution < -0.4 is 0 Å². The van der Waals surface area contributed by atoms with E-state index in [0.717, 1.165) is 31.1 Å². The second-order valence-corrected chi connectivity index (χ2v) is 13.8. The zero-order chi connectivity index (χ0) is 29.4. The molecule has 230 valence electrons. The summed E-state index contributed by atoms with van der Waals surface area (Å²) in [6, 6.07) is 0. The molecule has 4 saturated carbocycles. The fraction of sp³-hybridized carbons (Fsp3) is 0.871. The topological polar surface area (TPSA) is 141 Å². The van der Waals surface area contributed by atoms with Crippen LogP contribution in [0.25, 0.3) is 0 Å². The van der Waals surface area contributed by atoms with Gasteiger partial charge in [-0.15, -0.1) is 0 Å². The molecule has 6 rings (SSSR count). The molecule has 0 aromatic carbocycles. The van der Waals surface area contributed by atoms with Gasteiger partial charge in [-0.2, -0.15) is 0 Å². The van der Waals surface area contributed by atoms with Crippen molar-refractivity contribution in [3.63, 3.8) is 0 Å². The monoisotopic (exact) mass is 578 g/mol. The normalized spacial score (nSPS) is 53.1. The van der Waals surface area contributed by atoms with Crippen molar-refractivity contribution >= 4 is 12.3 Å². The molecule has 10 nitrogen and oxygen atoms in total. The molecule has 0 unspecified atom stereocenters. The second kappa shape index (κ2) is 10.4. The van der Waals surface area contributed by atoms with Crippen LogP contribution in [0.15, 0.2) is 11.6 Å². The average molecular weight is 579 g/mol. The van der Waals surface area contributed by atoms with E-state index in [-0.39, 0.29) is 36.2 Å². The highest BCUT2D eigenvalue weighted by Crippen LogP contribution is 2.70. The number of carbonyl (C=O) groups excluding carboxylic acids is 2. The van der Waals surface area contributed by atoms with E-state index in [4.69, 9.17) is 23.7 Å². The van der Waals surface area contributed by atoms with E-state index in [1.807, 2.05) is 0 Å². The van der Waals surface area contributed by atoms with Crippen molar-refractivity contribution in [2.75, 3.05) is 20.8 Å². The van der Waals surface area contributed by atoms with Crippen LogP contribution in [0.3, 0.4) is 0 Å². The Morgan fingerprint density at radius 1 is 1.00 bits per heavy atom. The SMILES string of the molecule is CO[C@@H]1[C@H](O[C@@H]2CC[C@]3(C=O)[C@H]4CC[C@]5(C)[C@@H](C6=CC(=O)OC6)CC[C@@]5(O)[C@@H]4CC[C@]3(O)C2)O[C@H](C)[C@H](O)[C@@H]1OC. The van der Waals surface area contributed by atoms with Crippen molar-refractivity contribution in [3.8, 4) is 0 Å². The minimum absolute atomic E-state index is 0.0677. The van der Waals surface area contributed by atoms with E-state index in [9.17, 15) is 24.9 Å². The molecule has 6 aliphatic rings. The number of hydrogen-bond donors (Lipinski definition) is 3. The number of aldehydes is 1. The van der Waals surface area contributed by atoms with Crippen LogP contribution >= 0.6 is 0 Å². The number of hydrogen-bond acceptors (Lipinski definition) is 10. The third kappa shape index (κ3) is 4.15. The van der Waals surface area contributed by atoms with Crippen molar-refractivity contribution in [1.82, 2.24) is 0 Å². The molecular weight excluding hydrogens is 532 g/mol. The first-order valence-electron chi connectivity index (χ1n) is 15.3. The fourth-order valence-electron chi connectivity index (χ4n) is 10.2. The second-order valence-electron chi connectivity index (χ2n) is 13.8. The number of cyclic esters (lactones) is 1. The molecule has 41 heavy (non-hydrogen) atoms. The molecule has 2 heterocycles. The smallest absolute Gasteiger partial charge is 0.331 e. The maximum absolute atomic E-state index is 13.1. The van der Waals surface area contributed by atoms with Crippen LogP contribution in [-0.4, -0.2) is 96.4 Å². The van der Waals surface area contributed by atoms with Crippen LogP contribution in [0.4, 0.5) is 0 Å². The molecule has 0 bridgehead atoms. The van der Waals surface area contributed by atoms with E-state index >= 15 is 0 Å². The van der Waals surface area contributed by atoms with Gasteiger partial charge in [0.05, 0.1) is 28.8 Å². The maximum atomic E-state index is 13.1. The summed E-state index contributed by atoms with van der Waals surface area (Å²) in [4.78, 5) is 24.9. The van der Waals surface area contributed by atoms with E-state index in [0.29, 0.717) is 38.7 Å². The number of aliphatic hydroxyl groups excluding tert-OH is 1. The highest BCUT2D eigenvalue weighted by atomic mass is 16.7. The van der Waals surface area contributed by atoms with Crippen molar-refractivity contribution in [3.05, 3.63) is 11.6 Å². The Morgan fingerprint density at radius 2 is 1.73 bits per heavy atom. The summed E-state index contributed by atoms with van der Waals surface area (Å²) in [6.45, 7) is 4.20. The lowest BCUT2D eigenvalue weighted by Gasteiger charge is -2.65. The van der Waals surface area contributed by atoms with Gasteiger partial charge in [0.25, 0.3) is 0 Å². The molecule has 10 heteroatoms. The molecule has 0 aromatic rings. The summed E-state index contributed by atoms with van der Waals surface area (Å²) in [7, 11) is 3.04. The van der Waals surface area contributed by atoms with Gasteiger partial charge in [0.2, 0.25) is 0 Å². The maximum Gasteiger partial charge on any atom is 0.331 e. The third-order valence-electron chi connectivity index (χ3n) is 12.5. The molecule has 5 fully saturated rings. The molecule has 0 spiro atoms. The number of carbonyl (C=O) groups is 2. The zero-order valence-corrected chi connectivity index (χ0v) is 24.6. The van der Waals surface area contributed by atoms with Crippen molar-refractivity contribution in [2.24, 2.45) is 28.6 Å². The van der Waals surface area contributed by atoms with Gasteiger partial charge in [-0.3, -0.25) is 0 Å². The summed E-state index contributed by atoms with van der Waals surface area (Å²) in [5.41, 5.74) is -2.66. The lowest BCUT2D eigenvalue weighted by Crippen LogP contribution is -2.69. The quantitative estimate of drug-likeness (QED) is 0.244. The standard InChI is InChI=1S/C31H46O10/c1-17-24(34)25(37-3)26(38-4)27(40-17)41-19-5-10-29(16-32)21-6-9-28(2)20(18-13-23(33)39-15-18)8-12-31(28,36)22(21)7-11-30(29,35)14-19/h13,16-17,19-22,24-27,34-36H,5-12,14-15H2,1-4H3/t17-,19-,20-,21+,22-,24+,25+,26+,27+,28-,29+,30+,31-/m1/s1. The van der Waals surface area contributed by atoms with Crippen LogP contribution in [0.1, 0.15) is 71.6 Å². The Bertz CT molecular complexity index is 1080. The summed E-state index contributed by atoms with van der Waals surface area (Å²) >= 11 is 0. The highest BCUT2D eigenvalue weighted by molar-refractivity contribution is 5.85. The highest BCUT2D eigenvalue weighted by Gasteiger charge is 2.71. The number of ether oxygens (including phenoxy) is 5. The van der Waals surface area contributed by atoms with Crippen molar-refractivity contribution < 1.29 is 48.6 Å². The Kier molecular flexibility index (Phi) is 7.49. The summed E-state index contributed by atoms with van der Waals surface area (Å²) in [6.07, 6.45) is 3.93. The third-order valence-corrected chi connectivity index (χ3v) is 12.5. The van der Waals surface area contributed by atoms with Gasteiger partial charge < -0.3 is 43.8 Å². The van der Waals surface area contributed by atoms with E-state index < -0.39 is 52.7 Å². The van der Waals surface area contributed by atoms with Crippen LogP contribution in [0.2, 0.25) is 0 Å². The Balaban J connectivity index is 1.22. The van der Waals surface area contributed by atoms with Gasteiger partial charge in [0.15, 0.2) is 6.29 Å². The first-order chi connectivity index (χ1) is 19.5. The van der Waals surface area contributed by atoms with Gasteiger partial charge in [0, 0.05) is 32.1 Å². The molecular formula is C31H46O10. The van der Waals surface area contributed by atoms with Crippen LogP contribution in [-0.2, 0) is 33.3 Å². The Hall–Kier alpha value is -1.40. The van der Waals surface area contributed by atoms with Crippen molar-refractivity contribution in [1.29, 1.82) is 0 Å². The molecule has 0 aromatic heterocycles. The molecule has 13 atom stereocenters. The summed E-state index contributed by atoms with van der Waals surface area (Å²) in [5, 5.41) is 35.2. The summed E-state index contributed by atoms with van der Waals surface area (Å²) in [5.74, 6) is -0.499. The van der Waals surface area contributed by atoms with Gasteiger partial charge in [-0.25, -0.2) is 4.79 Å². The number of esters is 1. The molecule has 1 saturated heterocycles. The molecule has 0 radical (unpaired) electrons. The lowest BCUT2D eigenvalue weighted by atomic mass is 9.41. The van der Waals surface area contributed by atoms with Gasteiger partial charge in [-0.1, -0.05) is 6.92 Å². The van der Waals surface area contributed by atoms with E-state index in [1.54, 1.807) is 13.0 Å². The predicted molar refractivity (Wildman–Crippen MR) is 144 cm³/mol. The van der Waals surface area contributed by atoms with Crippen LogP contribution in [0.5, 0.6) is 0 Å². The lowest BCUT2D eigenvalue weighted by molar-refractivity contribution is -0.323. The number of fused-ring (bicyclic) bond motifs is 5. The summed E-state index contributed by atoms with van der Waals surface area (Å²) < 4.78 is 28.7. The number of aliphatic hydroxyl groups is 3. The van der Waals surface area contributed by atoms with Gasteiger partial charge in [0.1, 0.15) is 31.2 Å². The molecule has 3 N–H and O–H groups in total. The first-order valence-corrected chi connectivity index (χ1v) is 15.3. The minimum atomic E-state index is -1.27. The predicted octanol–water partition coefficient (Wildman–Crippen LogP) is 2.06. The minimum Gasteiger partial charge on any atom is -0.458 e. The Labute approximate surface area is 241 Å². The van der Waals surface area contributed by atoms with Crippen LogP contribution in [0, 0.1) is 28.6 Å². The van der Waals surface area contributed by atoms with Gasteiger partial charge >= 0.3 is 5.97 Å². The zero-order valence-electron chi connectivity index (χ0n) is 24.6. The van der Waals surface area contributed by atoms with Crippen molar-refractivity contribution in [2.45, 2.75) is 120 Å². The molecule has 2 aliphatic heterocycles. The largest absolute Gasteiger partial charge is 0.458 e. The van der Waals surface area contributed by atoms with Gasteiger partial charge in [-0.05, 0) is 81.6 Å². The number of methoxy groups -OCH3 is 2. The molecule has 0 amide bonds.